The predicted octanol–water partition coefficient (Wildman–Crippen LogP) is 3.30. The minimum atomic E-state index is -3.82. The highest BCUT2D eigenvalue weighted by molar-refractivity contribution is 8.13. The van der Waals surface area contributed by atoms with Crippen LogP contribution in [0.15, 0.2) is 47.4 Å². The summed E-state index contributed by atoms with van der Waals surface area (Å²) in [7, 11) is 1.40. The smallest absolute Gasteiger partial charge is 0.261 e. The van der Waals surface area contributed by atoms with Crippen molar-refractivity contribution in [1.82, 2.24) is 0 Å². The summed E-state index contributed by atoms with van der Waals surface area (Å²) < 4.78 is 22.3. The molecule has 5 heteroatoms. The summed E-state index contributed by atoms with van der Waals surface area (Å²) in [4.78, 5) is -0.113. The van der Waals surface area contributed by atoms with Crippen molar-refractivity contribution in [3.63, 3.8) is 0 Å². The second kappa shape index (κ2) is 4.63. The van der Waals surface area contributed by atoms with Crippen LogP contribution in [0.2, 0.25) is 0 Å². The molecular weight excluding hydrogens is 272 g/mol. The Bertz CT molecular complexity index is 693. The highest BCUT2D eigenvalue weighted by Crippen LogP contribution is 2.32. The molecule has 0 spiro atoms. The molecule has 0 atom stereocenters. The zero-order valence-electron chi connectivity index (χ0n) is 9.59. The van der Waals surface area contributed by atoms with E-state index in [1.807, 2.05) is 31.2 Å². The van der Waals surface area contributed by atoms with Crippen LogP contribution in [0, 0.1) is 6.92 Å². The van der Waals surface area contributed by atoms with Gasteiger partial charge in [-0.15, -0.1) is 0 Å². The normalized spacial score (nSPS) is 11.4. The highest BCUT2D eigenvalue weighted by atomic mass is 35.7. The van der Waals surface area contributed by atoms with E-state index in [1.54, 1.807) is 6.07 Å². The van der Waals surface area contributed by atoms with Crippen LogP contribution in [0.4, 0.5) is 0 Å². The summed E-state index contributed by atoms with van der Waals surface area (Å²) in [6, 6.07) is 11.6. The van der Waals surface area contributed by atoms with Crippen LogP contribution in [-0.2, 0) is 9.05 Å². The number of rotatable bonds is 2. The SMILES string of the molecule is Cc1cccc(-c2ccc(S(=O)(=O)Cl)cc2O)c1. The zero-order chi connectivity index (χ0) is 13.3. The first kappa shape index (κ1) is 12.9. The number of hydrogen-bond donors (Lipinski definition) is 1. The molecule has 0 heterocycles. The molecule has 0 aliphatic carbocycles. The standard InChI is InChI=1S/C13H11ClO3S/c1-9-3-2-4-10(7-9)12-6-5-11(8-13(12)15)18(14,16)17/h2-8,15H,1H3. The molecule has 0 saturated carbocycles. The topological polar surface area (TPSA) is 54.4 Å². The third kappa shape index (κ3) is 2.66. The van der Waals surface area contributed by atoms with Gasteiger partial charge in [-0.25, -0.2) is 8.42 Å². The van der Waals surface area contributed by atoms with E-state index in [-0.39, 0.29) is 10.6 Å². The Labute approximate surface area is 110 Å². The number of halogens is 1. The molecule has 0 bridgehead atoms. The molecule has 0 aliphatic heterocycles. The van der Waals surface area contributed by atoms with E-state index in [1.165, 1.54) is 6.07 Å². The fraction of sp³-hybridized carbons (Fsp3) is 0.0769. The number of benzene rings is 2. The van der Waals surface area contributed by atoms with E-state index < -0.39 is 9.05 Å². The second-order valence-corrected chi connectivity index (χ2v) is 6.55. The third-order valence-corrected chi connectivity index (χ3v) is 3.93. The summed E-state index contributed by atoms with van der Waals surface area (Å²) in [5.74, 6) is -0.109. The summed E-state index contributed by atoms with van der Waals surface area (Å²) in [5.41, 5.74) is 2.45. The fourth-order valence-corrected chi connectivity index (χ4v) is 2.49. The van der Waals surface area contributed by atoms with Crippen LogP contribution in [0.5, 0.6) is 5.75 Å². The minimum absolute atomic E-state index is 0.109. The molecule has 2 aromatic carbocycles. The summed E-state index contributed by atoms with van der Waals surface area (Å²) in [5, 5.41) is 9.88. The van der Waals surface area contributed by atoms with Crippen molar-refractivity contribution in [3.8, 4) is 16.9 Å². The number of hydrogen-bond acceptors (Lipinski definition) is 3. The van der Waals surface area contributed by atoms with Crippen molar-refractivity contribution in [3.05, 3.63) is 48.0 Å². The third-order valence-electron chi connectivity index (χ3n) is 2.58. The van der Waals surface area contributed by atoms with Gasteiger partial charge in [-0.3, -0.25) is 0 Å². The van der Waals surface area contributed by atoms with E-state index in [2.05, 4.69) is 0 Å². The first-order valence-corrected chi connectivity index (χ1v) is 7.53. The van der Waals surface area contributed by atoms with Gasteiger partial charge in [-0.05, 0) is 24.6 Å². The monoisotopic (exact) mass is 282 g/mol. The first-order valence-electron chi connectivity index (χ1n) is 5.22. The number of aryl methyl sites for hydroxylation is 1. The van der Waals surface area contributed by atoms with Gasteiger partial charge in [-0.1, -0.05) is 29.8 Å². The van der Waals surface area contributed by atoms with Crippen LogP contribution in [0.3, 0.4) is 0 Å². The molecule has 0 aliphatic rings. The molecule has 94 valence electrons. The lowest BCUT2D eigenvalue weighted by Crippen LogP contribution is -1.91. The highest BCUT2D eigenvalue weighted by Gasteiger charge is 2.13. The molecule has 1 N–H and O–H groups in total. The number of phenolic OH excluding ortho intramolecular Hbond substituents is 1. The predicted molar refractivity (Wildman–Crippen MR) is 71.3 cm³/mol. The maximum atomic E-state index is 11.1. The fourth-order valence-electron chi connectivity index (χ4n) is 1.72. The molecular formula is C13H11ClO3S. The van der Waals surface area contributed by atoms with Crippen molar-refractivity contribution < 1.29 is 13.5 Å². The van der Waals surface area contributed by atoms with Crippen LogP contribution in [0.25, 0.3) is 11.1 Å². The van der Waals surface area contributed by atoms with Crippen molar-refractivity contribution in [2.24, 2.45) is 0 Å². The van der Waals surface area contributed by atoms with Gasteiger partial charge in [0.2, 0.25) is 0 Å². The zero-order valence-corrected chi connectivity index (χ0v) is 11.2. The largest absolute Gasteiger partial charge is 0.507 e. The van der Waals surface area contributed by atoms with E-state index in [0.717, 1.165) is 17.2 Å². The minimum Gasteiger partial charge on any atom is -0.507 e. The van der Waals surface area contributed by atoms with Crippen LogP contribution in [-0.4, -0.2) is 13.5 Å². The lowest BCUT2D eigenvalue weighted by Gasteiger charge is -2.07. The van der Waals surface area contributed by atoms with E-state index in [0.29, 0.717) is 5.56 Å². The van der Waals surface area contributed by atoms with Gasteiger partial charge in [0.25, 0.3) is 9.05 Å². The Hall–Kier alpha value is -1.52. The molecule has 2 rings (SSSR count). The van der Waals surface area contributed by atoms with Gasteiger partial charge in [-0.2, -0.15) is 0 Å². The summed E-state index contributed by atoms with van der Waals surface area (Å²) in [6.45, 7) is 1.94. The van der Waals surface area contributed by atoms with Crippen LogP contribution >= 0.6 is 10.7 Å². The van der Waals surface area contributed by atoms with Crippen molar-refractivity contribution >= 4 is 19.7 Å². The Kier molecular flexibility index (Phi) is 3.32. The van der Waals surface area contributed by atoms with Crippen LogP contribution in [0.1, 0.15) is 5.56 Å². The molecule has 0 unspecified atom stereocenters. The molecule has 2 aromatic rings. The Morgan fingerprint density at radius 1 is 1.11 bits per heavy atom. The van der Waals surface area contributed by atoms with E-state index in [4.69, 9.17) is 10.7 Å². The molecule has 18 heavy (non-hydrogen) atoms. The molecule has 0 amide bonds. The van der Waals surface area contributed by atoms with Gasteiger partial charge < -0.3 is 5.11 Å². The molecule has 0 fully saturated rings. The van der Waals surface area contributed by atoms with Gasteiger partial charge in [0.05, 0.1) is 4.90 Å². The maximum Gasteiger partial charge on any atom is 0.261 e. The van der Waals surface area contributed by atoms with Gasteiger partial charge in [0, 0.05) is 22.3 Å². The van der Waals surface area contributed by atoms with Gasteiger partial charge in [0.1, 0.15) is 5.75 Å². The van der Waals surface area contributed by atoms with Gasteiger partial charge in [0.15, 0.2) is 0 Å². The summed E-state index contributed by atoms with van der Waals surface area (Å²) >= 11 is 0. The van der Waals surface area contributed by atoms with Crippen molar-refractivity contribution in [1.29, 1.82) is 0 Å². The lowest BCUT2D eigenvalue weighted by molar-refractivity contribution is 0.475. The summed E-state index contributed by atoms with van der Waals surface area (Å²) in [6.07, 6.45) is 0. The van der Waals surface area contributed by atoms with E-state index >= 15 is 0 Å². The molecule has 0 saturated heterocycles. The van der Waals surface area contributed by atoms with Crippen LogP contribution < -0.4 is 0 Å². The van der Waals surface area contributed by atoms with Crippen molar-refractivity contribution in [2.45, 2.75) is 11.8 Å². The Morgan fingerprint density at radius 2 is 1.83 bits per heavy atom. The Balaban J connectivity index is 2.55. The quantitative estimate of drug-likeness (QED) is 0.860. The Morgan fingerprint density at radius 3 is 2.39 bits per heavy atom. The van der Waals surface area contributed by atoms with Crippen molar-refractivity contribution in [2.75, 3.05) is 0 Å². The number of aromatic hydroxyl groups is 1. The van der Waals surface area contributed by atoms with E-state index in [9.17, 15) is 13.5 Å². The first-order chi connectivity index (χ1) is 8.38. The molecule has 3 nitrogen and oxygen atoms in total. The lowest BCUT2D eigenvalue weighted by atomic mass is 10.0. The number of phenols is 1. The maximum absolute atomic E-state index is 11.1. The molecule has 0 radical (unpaired) electrons. The average molecular weight is 283 g/mol. The van der Waals surface area contributed by atoms with Gasteiger partial charge >= 0.3 is 0 Å². The average Bonchev–Trinajstić information content (AvgIpc) is 2.27. The second-order valence-electron chi connectivity index (χ2n) is 3.99. The molecule has 0 aromatic heterocycles.